The molecule has 0 aliphatic rings. The van der Waals surface area contributed by atoms with Crippen molar-refractivity contribution in [1.29, 1.82) is 5.26 Å². The second-order valence-corrected chi connectivity index (χ2v) is 8.79. The van der Waals surface area contributed by atoms with Crippen LogP contribution in [0.4, 0.5) is 5.69 Å². The zero-order valence-corrected chi connectivity index (χ0v) is 21.3. The highest BCUT2D eigenvalue weighted by Crippen LogP contribution is 2.30. The predicted molar refractivity (Wildman–Crippen MR) is 141 cm³/mol. The Kier molecular flexibility index (Phi) is 7.58. The quantitative estimate of drug-likeness (QED) is 0.152. The molecule has 0 aliphatic heterocycles. The van der Waals surface area contributed by atoms with Gasteiger partial charge in [-0.05, 0) is 67.4 Å². The first kappa shape index (κ1) is 26.2. The third-order valence-electron chi connectivity index (χ3n) is 6.23. The Balaban J connectivity index is 1.56. The summed E-state index contributed by atoms with van der Waals surface area (Å²) in [5.74, 6) is -0.0606. The van der Waals surface area contributed by atoms with Crippen LogP contribution in [0.15, 0.2) is 66.5 Å². The van der Waals surface area contributed by atoms with Crippen LogP contribution in [-0.2, 0) is 21.6 Å². The number of hydrogen-bond donors (Lipinski definition) is 0. The van der Waals surface area contributed by atoms with Gasteiger partial charge >= 0.3 is 5.97 Å². The number of nitrogens with zero attached hydrogens (tertiary/aromatic N) is 6. The molecule has 0 saturated carbocycles. The first-order valence-corrected chi connectivity index (χ1v) is 12.0. The molecule has 0 spiro atoms. The summed E-state index contributed by atoms with van der Waals surface area (Å²) < 4.78 is 13.0. The molecule has 0 aliphatic carbocycles. The first-order chi connectivity index (χ1) is 18.3. The normalized spacial score (nSPS) is 12.4. The van der Waals surface area contributed by atoms with Gasteiger partial charge in [0, 0.05) is 10.9 Å². The summed E-state index contributed by atoms with van der Waals surface area (Å²) >= 11 is 0. The second kappa shape index (κ2) is 11.0. The van der Waals surface area contributed by atoms with Crippen LogP contribution in [0.2, 0.25) is 0 Å². The van der Waals surface area contributed by atoms with E-state index in [1.807, 2.05) is 32.0 Å². The third kappa shape index (κ3) is 5.42. The molecular formula is C28H26N6O4. The van der Waals surface area contributed by atoms with Crippen molar-refractivity contribution in [3.63, 3.8) is 0 Å². The van der Waals surface area contributed by atoms with Crippen LogP contribution >= 0.6 is 0 Å². The minimum atomic E-state index is -1.02. The van der Waals surface area contributed by atoms with Gasteiger partial charge in [0.05, 0.1) is 30.4 Å². The number of fused-ring (bicyclic) bond motifs is 1. The lowest BCUT2D eigenvalue weighted by Crippen LogP contribution is -2.29. The minimum absolute atomic E-state index is 0.228. The topological polar surface area (TPSA) is 132 Å². The van der Waals surface area contributed by atoms with Crippen molar-refractivity contribution in [3.8, 4) is 6.07 Å². The zero-order chi connectivity index (χ0) is 27.3. The van der Waals surface area contributed by atoms with Gasteiger partial charge in [-0.2, -0.15) is 5.26 Å². The van der Waals surface area contributed by atoms with Crippen molar-refractivity contribution in [2.45, 2.75) is 39.3 Å². The molecule has 4 rings (SSSR count). The summed E-state index contributed by atoms with van der Waals surface area (Å²) in [5, 5.41) is 21.6. The molecule has 0 amide bonds. The molecular weight excluding hydrogens is 484 g/mol. The van der Waals surface area contributed by atoms with Gasteiger partial charge in [0.1, 0.15) is 28.9 Å². The number of benzene rings is 2. The fourth-order valence-corrected chi connectivity index (χ4v) is 3.94. The smallest absolute Gasteiger partial charge is 0.339 e. The Labute approximate surface area is 219 Å². The number of pyridine rings is 1. The molecule has 10 heteroatoms. The van der Waals surface area contributed by atoms with Crippen LogP contribution in [0.5, 0.6) is 0 Å². The Bertz CT molecular complexity index is 1550. The van der Waals surface area contributed by atoms with Crippen LogP contribution in [0.3, 0.4) is 0 Å². The van der Waals surface area contributed by atoms with Crippen molar-refractivity contribution in [2.75, 3.05) is 6.61 Å². The number of hydrogen-bond acceptors (Lipinski definition) is 9. The van der Waals surface area contributed by atoms with E-state index in [9.17, 15) is 15.0 Å². The number of ether oxygens (including phenoxy) is 2. The van der Waals surface area contributed by atoms with Crippen LogP contribution in [0, 0.1) is 16.2 Å². The average Bonchev–Trinajstić information content (AvgIpc) is 3.41. The number of carbonyl (C=O) groups excluding carboxylic acids is 1. The lowest BCUT2D eigenvalue weighted by Gasteiger charge is -2.26. The van der Waals surface area contributed by atoms with Gasteiger partial charge < -0.3 is 9.47 Å². The second-order valence-electron chi connectivity index (χ2n) is 8.79. The molecule has 10 nitrogen and oxygen atoms in total. The highest BCUT2D eigenvalue weighted by molar-refractivity contribution is 5.91. The van der Waals surface area contributed by atoms with Crippen LogP contribution in [-0.4, -0.2) is 32.6 Å². The number of aromatic nitrogens is 4. The Morgan fingerprint density at radius 1 is 1.18 bits per heavy atom. The molecule has 192 valence electrons. The summed E-state index contributed by atoms with van der Waals surface area (Å²) in [6.07, 6.45) is 2.20. The van der Waals surface area contributed by atoms with E-state index in [1.54, 1.807) is 23.9 Å². The Morgan fingerprint density at radius 2 is 1.95 bits per heavy atom. The largest absolute Gasteiger partial charge is 0.494 e. The third-order valence-corrected chi connectivity index (χ3v) is 6.23. The predicted octanol–water partition coefficient (Wildman–Crippen LogP) is 5.63. The number of esters is 1. The maximum atomic E-state index is 12.8. The molecule has 0 fully saturated rings. The number of nitriles is 1. The molecule has 1 unspecified atom stereocenters. The van der Waals surface area contributed by atoms with Crippen LogP contribution in [0.1, 0.15) is 60.1 Å². The van der Waals surface area contributed by atoms with Gasteiger partial charge in [-0.25, -0.2) is 14.5 Å². The van der Waals surface area contributed by atoms with E-state index >= 15 is 0 Å². The van der Waals surface area contributed by atoms with E-state index in [0.717, 1.165) is 16.5 Å². The molecule has 2 heterocycles. The molecule has 0 N–H and O–H groups in total. The SMILES string of the molecule is C=C(OCC)c1cc(C#N)nc2cc(Cn3cc(C(C)(CC)OC(=O)c4ccc(N=O)cc4)nn3)ccc12. The molecule has 4 aromatic rings. The maximum Gasteiger partial charge on any atom is 0.339 e. The molecule has 0 saturated heterocycles. The highest BCUT2D eigenvalue weighted by Gasteiger charge is 2.33. The molecule has 0 radical (unpaired) electrons. The lowest BCUT2D eigenvalue weighted by atomic mass is 9.99. The molecule has 2 aromatic carbocycles. The molecule has 38 heavy (non-hydrogen) atoms. The lowest BCUT2D eigenvalue weighted by molar-refractivity contribution is -0.0162. The number of nitroso groups, excluding NO2 is 1. The van der Waals surface area contributed by atoms with E-state index in [0.29, 0.717) is 42.1 Å². The standard InChI is InChI=1S/C28H26N6O4/c1-5-28(4,38-27(35)20-8-10-21(32-36)11-9-20)26-17-34(33-31-26)16-19-7-12-23-24(18(3)37-6-2)14-22(15-29)30-25(23)13-19/h7-14,17H,3,5-6,16H2,1-2,4H3. The zero-order valence-electron chi connectivity index (χ0n) is 21.3. The average molecular weight is 511 g/mol. The number of carbonyl (C=O) groups is 1. The molecule has 0 bridgehead atoms. The monoisotopic (exact) mass is 510 g/mol. The van der Waals surface area contributed by atoms with Crippen molar-refractivity contribution < 1.29 is 14.3 Å². The van der Waals surface area contributed by atoms with Crippen molar-refractivity contribution >= 4 is 28.3 Å². The minimum Gasteiger partial charge on any atom is -0.494 e. The van der Waals surface area contributed by atoms with E-state index in [2.05, 4.69) is 33.1 Å². The molecule has 1 atom stereocenters. The van der Waals surface area contributed by atoms with E-state index < -0.39 is 11.6 Å². The van der Waals surface area contributed by atoms with Crippen LogP contribution < -0.4 is 0 Å². The fourth-order valence-electron chi connectivity index (χ4n) is 3.94. The van der Waals surface area contributed by atoms with Crippen LogP contribution in [0.25, 0.3) is 16.7 Å². The van der Waals surface area contributed by atoms with Gasteiger partial charge in [-0.15, -0.1) is 10.0 Å². The summed E-state index contributed by atoms with van der Waals surface area (Å²) in [6.45, 7) is 10.4. The van der Waals surface area contributed by atoms with E-state index in [1.165, 1.54) is 24.3 Å². The Hall–Kier alpha value is -4.91. The van der Waals surface area contributed by atoms with Gasteiger partial charge in [0.2, 0.25) is 0 Å². The Morgan fingerprint density at radius 3 is 2.61 bits per heavy atom. The van der Waals surface area contributed by atoms with Gasteiger partial charge in [-0.3, -0.25) is 0 Å². The van der Waals surface area contributed by atoms with Crippen molar-refractivity contribution in [1.82, 2.24) is 20.0 Å². The van der Waals surface area contributed by atoms with E-state index in [4.69, 9.17) is 9.47 Å². The molecule has 2 aromatic heterocycles. The highest BCUT2D eigenvalue weighted by atomic mass is 16.6. The van der Waals surface area contributed by atoms with Gasteiger partial charge in [0.25, 0.3) is 0 Å². The summed E-state index contributed by atoms with van der Waals surface area (Å²) in [7, 11) is 0. The number of rotatable bonds is 10. The first-order valence-electron chi connectivity index (χ1n) is 12.0. The van der Waals surface area contributed by atoms with Crippen molar-refractivity contribution in [2.24, 2.45) is 5.18 Å². The maximum absolute atomic E-state index is 12.8. The summed E-state index contributed by atoms with van der Waals surface area (Å²) in [4.78, 5) is 27.8. The summed E-state index contributed by atoms with van der Waals surface area (Å²) in [5.41, 5.74) is 2.54. The van der Waals surface area contributed by atoms with Gasteiger partial charge in [0.15, 0.2) is 5.60 Å². The van der Waals surface area contributed by atoms with Gasteiger partial charge in [-0.1, -0.05) is 30.8 Å². The van der Waals surface area contributed by atoms with E-state index in [-0.39, 0.29) is 11.4 Å². The van der Waals surface area contributed by atoms with Crippen molar-refractivity contribution in [3.05, 3.63) is 94.3 Å². The fraction of sp³-hybridized carbons (Fsp3) is 0.250. The summed E-state index contributed by atoms with van der Waals surface area (Å²) in [6, 6.07) is 15.4.